The van der Waals surface area contributed by atoms with Crippen molar-refractivity contribution in [2.45, 2.75) is 75.3 Å². The van der Waals surface area contributed by atoms with Gasteiger partial charge in [-0.1, -0.05) is 24.4 Å². The van der Waals surface area contributed by atoms with Crippen LogP contribution < -0.4 is 5.32 Å². The Labute approximate surface area is 126 Å². The minimum absolute atomic E-state index is 0.304. The maximum Gasteiger partial charge on any atom is 0.231 e. The van der Waals surface area contributed by atoms with Crippen molar-refractivity contribution in [1.82, 2.24) is 15.5 Å². The lowest BCUT2D eigenvalue weighted by Gasteiger charge is -2.23. The molecule has 1 N–H and O–H groups in total. The lowest BCUT2D eigenvalue weighted by atomic mass is 9.94. The van der Waals surface area contributed by atoms with E-state index in [9.17, 15) is 0 Å². The third kappa shape index (κ3) is 2.86. The van der Waals surface area contributed by atoms with Gasteiger partial charge in [-0.25, -0.2) is 0 Å². The minimum atomic E-state index is -0.304. The van der Waals surface area contributed by atoms with Gasteiger partial charge in [0, 0.05) is 13.2 Å². The molecule has 5 heteroatoms. The second-order valence-electron chi connectivity index (χ2n) is 6.50. The standard InChI is InChI=1S/C16H27N3O2/c1-17-13-9-5-3-4-8-12(13)14-18-15(19-21-14)16(20-2)10-6-7-11-16/h12-13,17H,3-11H2,1-2H3. The summed E-state index contributed by atoms with van der Waals surface area (Å²) in [6.07, 6.45) is 10.5. The number of rotatable bonds is 4. The lowest BCUT2D eigenvalue weighted by Crippen LogP contribution is -2.31. The van der Waals surface area contributed by atoms with Crippen molar-refractivity contribution in [2.24, 2.45) is 0 Å². The van der Waals surface area contributed by atoms with Gasteiger partial charge < -0.3 is 14.6 Å². The summed E-state index contributed by atoms with van der Waals surface area (Å²) < 4.78 is 11.4. The fourth-order valence-corrected chi connectivity index (χ4v) is 3.98. The molecular weight excluding hydrogens is 266 g/mol. The smallest absolute Gasteiger partial charge is 0.231 e. The molecule has 2 unspecified atom stereocenters. The molecule has 0 spiro atoms. The van der Waals surface area contributed by atoms with Crippen molar-refractivity contribution in [1.29, 1.82) is 0 Å². The highest BCUT2D eigenvalue weighted by Gasteiger charge is 2.41. The van der Waals surface area contributed by atoms with Gasteiger partial charge >= 0.3 is 0 Å². The van der Waals surface area contributed by atoms with E-state index in [1.54, 1.807) is 7.11 Å². The summed E-state index contributed by atoms with van der Waals surface area (Å²) in [6.45, 7) is 0. The summed E-state index contributed by atoms with van der Waals surface area (Å²) in [4.78, 5) is 4.76. The van der Waals surface area contributed by atoms with E-state index in [-0.39, 0.29) is 5.60 Å². The van der Waals surface area contributed by atoms with Crippen molar-refractivity contribution in [3.05, 3.63) is 11.7 Å². The van der Waals surface area contributed by atoms with E-state index < -0.39 is 0 Å². The third-order valence-corrected chi connectivity index (χ3v) is 5.36. The zero-order valence-corrected chi connectivity index (χ0v) is 13.2. The average molecular weight is 293 g/mol. The van der Waals surface area contributed by atoms with Crippen LogP contribution >= 0.6 is 0 Å². The topological polar surface area (TPSA) is 60.2 Å². The van der Waals surface area contributed by atoms with Crippen LogP contribution in [-0.2, 0) is 10.3 Å². The monoisotopic (exact) mass is 293 g/mol. The molecule has 1 aromatic heterocycles. The zero-order chi connectivity index (χ0) is 14.7. The average Bonchev–Trinajstić information content (AvgIpc) is 3.12. The third-order valence-electron chi connectivity index (χ3n) is 5.36. The maximum atomic E-state index is 5.76. The van der Waals surface area contributed by atoms with E-state index in [0.717, 1.165) is 31.0 Å². The van der Waals surface area contributed by atoms with Crippen LogP contribution in [0.15, 0.2) is 4.52 Å². The normalized spacial score (nSPS) is 29.4. The Morgan fingerprint density at radius 2 is 1.90 bits per heavy atom. The number of nitrogens with zero attached hydrogens (tertiary/aromatic N) is 2. The molecule has 0 saturated heterocycles. The van der Waals surface area contributed by atoms with Crippen LogP contribution in [0, 0.1) is 0 Å². The van der Waals surface area contributed by atoms with Gasteiger partial charge in [0.2, 0.25) is 11.7 Å². The van der Waals surface area contributed by atoms with Gasteiger partial charge in [-0.2, -0.15) is 4.98 Å². The largest absolute Gasteiger partial charge is 0.370 e. The highest BCUT2D eigenvalue weighted by Crippen LogP contribution is 2.41. The van der Waals surface area contributed by atoms with Crippen LogP contribution in [0.2, 0.25) is 0 Å². The predicted molar refractivity (Wildman–Crippen MR) is 80.1 cm³/mol. The Bertz CT molecular complexity index is 454. The van der Waals surface area contributed by atoms with Crippen molar-refractivity contribution in [2.75, 3.05) is 14.2 Å². The van der Waals surface area contributed by atoms with Crippen LogP contribution in [-0.4, -0.2) is 30.3 Å². The molecule has 0 radical (unpaired) electrons. The molecule has 2 fully saturated rings. The van der Waals surface area contributed by atoms with Crippen LogP contribution in [0.5, 0.6) is 0 Å². The fourth-order valence-electron chi connectivity index (χ4n) is 3.98. The Morgan fingerprint density at radius 1 is 1.14 bits per heavy atom. The number of methoxy groups -OCH3 is 1. The highest BCUT2D eigenvalue weighted by molar-refractivity contribution is 5.08. The Morgan fingerprint density at radius 3 is 2.62 bits per heavy atom. The fraction of sp³-hybridized carbons (Fsp3) is 0.875. The van der Waals surface area contributed by atoms with Crippen molar-refractivity contribution >= 4 is 0 Å². The van der Waals surface area contributed by atoms with Crippen LogP contribution in [0.25, 0.3) is 0 Å². The van der Waals surface area contributed by atoms with E-state index in [1.165, 1.54) is 38.5 Å². The molecule has 5 nitrogen and oxygen atoms in total. The molecule has 21 heavy (non-hydrogen) atoms. The Balaban J connectivity index is 1.83. The molecule has 118 valence electrons. The number of likely N-dealkylation sites (N-methyl/N-ethyl adjacent to an activating group) is 1. The van der Waals surface area contributed by atoms with Crippen molar-refractivity contribution in [3.8, 4) is 0 Å². The molecule has 2 aliphatic carbocycles. The molecule has 0 aliphatic heterocycles. The molecule has 3 rings (SSSR count). The summed E-state index contributed by atoms with van der Waals surface area (Å²) in [5.41, 5.74) is -0.304. The summed E-state index contributed by atoms with van der Waals surface area (Å²) in [5.74, 6) is 1.90. The van der Waals surface area contributed by atoms with Crippen molar-refractivity contribution < 1.29 is 9.26 Å². The quantitative estimate of drug-likeness (QED) is 0.864. The molecule has 0 bridgehead atoms. The molecule has 2 atom stereocenters. The van der Waals surface area contributed by atoms with Gasteiger partial charge in [0.25, 0.3) is 0 Å². The number of hydrogen-bond donors (Lipinski definition) is 1. The first-order valence-electron chi connectivity index (χ1n) is 8.35. The number of ether oxygens (including phenoxy) is 1. The number of nitrogens with one attached hydrogen (secondary N) is 1. The molecule has 2 aliphatic rings. The highest BCUT2D eigenvalue weighted by atomic mass is 16.5. The van der Waals surface area contributed by atoms with Gasteiger partial charge in [0.15, 0.2) is 0 Å². The van der Waals surface area contributed by atoms with Gasteiger partial charge in [-0.15, -0.1) is 0 Å². The Hall–Kier alpha value is -0.940. The molecular formula is C16H27N3O2. The van der Waals surface area contributed by atoms with E-state index in [0.29, 0.717) is 12.0 Å². The second-order valence-corrected chi connectivity index (χ2v) is 6.50. The minimum Gasteiger partial charge on any atom is -0.370 e. The first-order chi connectivity index (χ1) is 10.3. The number of hydrogen-bond acceptors (Lipinski definition) is 5. The first-order valence-corrected chi connectivity index (χ1v) is 8.35. The second kappa shape index (κ2) is 6.44. The van der Waals surface area contributed by atoms with Gasteiger partial charge in [-0.05, 0) is 45.6 Å². The molecule has 0 aromatic carbocycles. The molecule has 1 aromatic rings. The molecule has 2 saturated carbocycles. The maximum absolute atomic E-state index is 5.76. The SMILES string of the molecule is CNC1CCCCCC1c1nc(C2(OC)CCCC2)no1. The first kappa shape index (κ1) is 15.0. The van der Waals surface area contributed by atoms with Gasteiger partial charge in [0.1, 0.15) is 5.60 Å². The van der Waals surface area contributed by atoms with Crippen molar-refractivity contribution in [3.63, 3.8) is 0 Å². The summed E-state index contributed by atoms with van der Waals surface area (Å²) in [5, 5.41) is 7.71. The van der Waals surface area contributed by atoms with E-state index in [2.05, 4.69) is 10.5 Å². The predicted octanol–water partition coefficient (Wildman–Crippen LogP) is 3.12. The van der Waals surface area contributed by atoms with Gasteiger partial charge in [0.05, 0.1) is 5.92 Å². The van der Waals surface area contributed by atoms with E-state index in [4.69, 9.17) is 14.2 Å². The van der Waals surface area contributed by atoms with Crippen LogP contribution in [0.3, 0.4) is 0 Å². The molecule has 0 amide bonds. The summed E-state index contributed by atoms with van der Waals surface area (Å²) in [6, 6.07) is 0.447. The zero-order valence-electron chi connectivity index (χ0n) is 13.2. The van der Waals surface area contributed by atoms with Crippen LogP contribution in [0.4, 0.5) is 0 Å². The Kier molecular flexibility index (Phi) is 4.60. The van der Waals surface area contributed by atoms with Crippen LogP contribution in [0.1, 0.15) is 75.4 Å². The van der Waals surface area contributed by atoms with Gasteiger partial charge in [-0.3, -0.25) is 0 Å². The summed E-state index contributed by atoms with van der Waals surface area (Å²) in [7, 11) is 3.80. The summed E-state index contributed by atoms with van der Waals surface area (Å²) >= 11 is 0. The molecule has 1 heterocycles. The van der Waals surface area contributed by atoms with E-state index in [1.807, 2.05) is 7.05 Å². The number of aromatic nitrogens is 2. The lowest BCUT2D eigenvalue weighted by molar-refractivity contribution is -0.0178. The van der Waals surface area contributed by atoms with E-state index >= 15 is 0 Å².